The van der Waals surface area contributed by atoms with Crippen molar-refractivity contribution in [1.82, 2.24) is 21.0 Å². The van der Waals surface area contributed by atoms with Gasteiger partial charge in [0.25, 0.3) is 5.91 Å². The standard InChI is InChI=1S/C21H21ClN4O3S/c22-15-8-6-13(7-9-15)20-23-19(29-26-20)11-10-18(27)24-25-21(28)17-12-14-4-2-1-3-5-16(14)30-17/h6-9,12H,1-5,10-11H2,(H,24,27)(H,25,28). The first-order chi connectivity index (χ1) is 14.6. The number of amides is 2. The van der Waals surface area contributed by atoms with Crippen molar-refractivity contribution >= 4 is 34.8 Å². The van der Waals surface area contributed by atoms with Gasteiger partial charge in [0.15, 0.2) is 0 Å². The van der Waals surface area contributed by atoms with Gasteiger partial charge < -0.3 is 4.52 Å². The van der Waals surface area contributed by atoms with E-state index in [4.69, 9.17) is 16.1 Å². The molecule has 0 atom stereocenters. The van der Waals surface area contributed by atoms with Gasteiger partial charge in [-0.05, 0) is 61.6 Å². The monoisotopic (exact) mass is 444 g/mol. The number of aryl methyl sites for hydroxylation is 3. The van der Waals surface area contributed by atoms with E-state index in [-0.39, 0.29) is 24.7 Å². The average Bonchev–Trinajstić information content (AvgIpc) is 3.33. The Hall–Kier alpha value is -2.71. The number of halogens is 1. The zero-order chi connectivity index (χ0) is 20.9. The molecule has 0 bridgehead atoms. The van der Waals surface area contributed by atoms with Gasteiger partial charge in [-0.3, -0.25) is 20.4 Å². The van der Waals surface area contributed by atoms with Crippen molar-refractivity contribution in [2.45, 2.75) is 44.9 Å². The number of aromatic nitrogens is 2. The quantitative estimate of drug-likeness (QED) is 0.456. The highest BCUT2D eigenvalue weighted by Gasteiger charge is 2.17. The second-order valence-electron chi connectivity index (χ2n) is 7.14. The number of benzene rings is 1. The molecule has 30 heavy (non-hydrogen) atoms. The molecule has 0 unspecified atom stereocenters. The van der Waals surface area contributed by atoms with Crippen LogP contribution in [0.3, 0.4) is 0 Å². The van der Waals surface area contributed by atoms with E-state index in [0.29, 0.717) is 21.6 Å². The van der Waals surface area contributed by atoms with E-state index in [1.807, 2.05) is 6.07 Å². The van der Waals surface area contributed by atoms with Crippen LogP contribution in [0.2, 0.25) is 5.02 Å². The van der Waals surface area contributed by atoms with E-state index in [1.165, 1.54) is 34.6 Å². The van der Waals surface area contributed by atoms with Gasteiger partial charge in [-0.15, -0.1) is 11.3 Å². The van der Waals surface area contributed by atoms with Gasteiger partial charge >= 0.3 is 0 Å². The van der Waals surface area contributed by atoms with E-state index in [0.717, 1.165) is 24.8 Å². The van der Waals surface area contributed by atoms with Crippen molar-refractivity contribution in [3.63, 3.8) is 0 Å². The Balaban J connectivity index is 1.25. The molecule has 4 rings (SSSR count). The van der Waals surface area contributed by atoms with E-state index >= 15 is 0 Å². The lowest BCUT2D eigenvalue weighted by atomic mass is 10.1. The van der Waals surface area contributed by atoms with Gasteiger partial charge in [-0.25, -0.2) is 0 Å². The summed E-state index contributed by atoms with van der Waals surface area (Å²) >= 11 is 7.39. The van der Waals surface area contributed by atoms with Crippen molar-refractivity contribution in [3.05, 3.63) is 56.6 Å². The Morgan fingerprint density at radius 1 is 1.10 bits per heavy atom. The summed E-state index contributed by atoms with van der Waals surface area (Å²) in [5.74, 6) is 0.174. The Morgan fingerprint density at radius 2 is 1.90 bits per heavy atom. The molecule has 0 radical (unpaired) electrons. The molecule has 1 aliphatic carbocycles. The average molecular weight is 445 g/mol. The second-order valence-corrected chi connectivity index (χ2v) is 8.71. The normalized spacial score (nSPS) is 13.4. The lowest BCUT2D eigenvalue weighted by molar-refractivity contribution is -0.121. The van der Waals surface area contributed by atoms with Gasteiger partial charge in [0.05, 0.1) is 4.88 Å². The number of thiophene rings is 1. The number of hydrogen-bond donors (Lipinski definition) is 2. The smallest absolute Gasteiger partial charge is 0.279 e. The van der Waals surface area contributed by atoms with Crippen LogP contribution in [-0.2, 0) is 24.1 Å². The number of rotatable bonds is 5. The fraction of sp³-hybridized carbons (Fsp3) is 0.333. The molecule has 9 heteroatoms. The summed E-state index contributed by atoms with van der Waals surface area (Å²) in [5.41, 5.74) is 6.98. The lowest BCUT2D eigenvalue weighted by Gasteiger charge is -2.05. The summed E-state index contributed by atoms with van der Waals surface area (Å²) in [6, 6.07) is 9.03. The first kappa shape index (κ1) is 20.6. The molecule has 2 heterocycles. The summed E-state index contributed by atoms with van der Waals surface area (Å²) in [5, 5.41) is 4.54. The molecule has 0 spiro atoms. The van der Waals surface area contributed by atoms with Crippen LogP contribution in [0.25, 0.3) is 11.4 Å². The molecule has 2 N–H and O–H groups in total. The predicted molar refractivity (Wildman–Crippen MR) is 114 cm³/mol. The van der Waals surface area contributed by atoms with Crippen LogP contribution in [-0.4, -0.2) is 22.0 Å². The molecule has 2 amide bonds. The minimum atomic E-state index is -0.326. The largest absolute Gasteiger partial charge is 0.339 e. The van der Waals surface area contributed by atoms with Crippen LogP contribution >= 0.6 is 22.9 Å². The number of carbonyl (C=O) groups is 2. The van der Waals surface area contributed by atoms with Crippen LogP contribution in [0, 0.1) is 0 Å². The Labute approximate surface area is 182 Å². The highest BCUT2D eigenvalue weighted by molar-refractivity contribution is 7.14. The molecular weight excluding hydrogens is 424 g/mol. The summed E-state index contributed by atoms with van der Waals surface area (Å²) in [6.07, 6.45) is 6.01. The first-order valence-electron chi connectivity index (χ1n) is 9.88. The fourth-order valence-electron chi connectivity index (χ4n) is 3.32. The molecule has 2 aromatic heterocycles. The Kier molecular flexibility index (Phi) is 6.44. The van der Waals surface area contributed by atoms with Gasteiger partial charge in [0, 0.05) is 28.3 Å². The minimum Gasteiger partial charge on any atom is -0.339 e. The summed E-state index contributed by atoms with van der Waals surface area (Å²) in [4.78, 5) is 30.6. The zero-order valence-electron chi connectivity index (χ0n) is 16.2. The molecule has 0 saturated heterocycles. The van der Waals surface area contributed by atoms with Gasteiger partial charge in [-0.2, -0.15) is 4.98 Å². The van der Waals surface area contributed by atoms with Crippen LogP contribution < -0.4 is 10.9 Å². The third-order valence-electron chi connectivity index (χ3n) is 4.92. The number of carbonyl (C=O) groups excluding carboxylic acids is 2. The molecule has 3 aromatic rings. The third-order valence-corrected chi connectivity index (χ3v) is 6.41. The SMILES string of the molecule is O=C(CCc1nc(-c2ccc(Cl)cc2)no1)NNC(=O)c1cc2c(s1)CCCCC2. The van der Waals surface area contributed by atoms with E-state index in [2.05, 4.69) is 21.0 Å². The molecule has 1 aromatic carbocycles. The van der Waals surface area contributed by atoms with Gasteiger partial charge in [0.2, 0.25) is 17.6 Å². The van der Waals surface area contributed by atoms with Crippen LogP contribution in [0.5, 0.6) is 0 Å². The summed E-state index contributed by atoms with van der Waals surface area (Å²) in [6.45, 7) is 0. The zero-order valence-corrected chi connectivity index (χ0v) is 17.8. The maximum atomic E-state index is 12.3. The van der Waals surface area contributed by atoms with Crippen molar-refractivity contribution in [1.29, 1.82) is 0 Å². The van der Waals surface area contributed by atoms with Crippen molar-refractivity contribution in [2.75, 3.05) is 0 Å². The molecule has 0 fully saturated rings. The highest BCUT2D eigenvalue weighted by atomic mass is 35.5. The molecular formula is C21H21ClN4O3S. The molecule has 0 saturated carbocycles. The van der Waals surface area contributed by atoms with Crippen LogP contribution in [0.1, 0.15) is 51.7 Å². The lowest BCUT2D eigenvalue weighted by Crippen LogP contribution is -2.41. The van der Waals surface area contributed by atoms with Crippen molar-refractivity contribution < 1.29 is 14.1 Å². The highest BCUT2D eigenvalue weighted by Crippen LogP contribution is 2.28. The van der Waals surface area contributed by atoms with Gasteiger partial charge in [-0.1, -0.05) is 23.2 Å². The number of hydrogen-bond acceptors (Lipinski definition) is 6. The third kappa shape index (κ3) is 5.06. The maximum Gasteiger partial charge on any atom is 0.279 e. The van der Waals surface area contributed by atoms with Crippen LogP contribution in [0.15, 0.2) is 34.9 Å². The van der Waals surface area contributed by atoms with E-state index < -0.39 is 0 Å². The number of fused-ring (bicyclic) bond motifs is 1. The molecule has 7 nitrogen and oxygen atoms in total. The molecule has 0 aliphatic heterocycles. The number of hydrazine groups is 1. The van der Waals surface area contributed by atoms with Crippen molar-refractivity contribution in [2.24, 2.45) is 0 Å². The minimum absolute atomic E-state index is 0.115. The topological polar surface area (TPSA) is 97.1 Å². The van der Waals surface area contributed by atoms with Crippen LogP contribution in [0.4, 0.5) is 0 Å². The first-order valence-corrected chi connectivity index (χ1v) is 11.1. The Morgan fingerprint density at radius 3 is 2.73 bits per heavy atom. The summed E-state index contributed by atoms with van der Waals surface area (Å²) in [7, 11) is 0. The number of nitrogens with one attached hydrogen (secondary N) is 2. The Bertz CT molecular complexity index is 1020. The number of nitrogens with zero attached hydrogens (tertiary/aromatic N) is 2. The summed E-state index contributed by atoms with van der Waals surface area (Å²) < 4.78 is 5.19. The van der Waals surface area contributed by atoms with Gasteiger partial charge in [0.1, 0.15) is 0 Å². The van der Waals surface area contributed by atoms with E-state index in [9.17, 15) is 9.59 Å². The van der Waals surface area contributed by atoms with E-state index in [1.54, 1.807) is 24.3 Å². The second kappa shape index (κ2) is 9.40. The van der Waals surface area contributed by atoms with Crippen molar-refractivity contribution in [3.8, 4) is 11.4 Å². The maximum absolute atomic E-state index is 12.3. The molecule has 156 valence electrons. The predicted octanol–water partition coefficient (Wildman–Crippen LogP) is 4.11. The molecule has 1 aliphatic rings. The fourth-order valence-corrected chi connectivity index (χ4v) is 4.60.